The molecular weight excluding hydrogens is 302 g/mol. The van der Waals surface area contributed by atoms with Crippen molar-refractivity contribution in [1.82, 2.24) is 4.90 Å². The molecule has 1 aliphatic rings. The van der Waals surface area contributed by atoms with Crippen molar-refractivity contribution < 1.29 is 9.53 Å². The van der Waals surface area contributed by atoms with Crippen molar-refractivity contribution >= 4 is 33.0 Å². The molecule has 17 heavy (non-hydrogen) atoms. The second-order valence-corrected chi connectivity index (χ2v) is 5.76. The molecule has 0 saturated carbocycles. The fraction of sp³-hybridized carbons (Fsp3) is 0.583. The van der Waals surface area contributed by atoms with E-state index in [9.17, 15) is 4.79 Å². The van der Waals surface area contributed by atoms with Gasteiger partial charge in [0, 0.05) is 33.9 Å². The highest BCUT2D eigenvalue weighted by molar-refractivity contribution is 9.10. The van der Waals surface area contributed by atoms with Gasteiger partial charge in [-0.25, -0.2) is 0 Å². The van der Waals surface area contributed by atoms with E-state index in [0.29, 0.717) is 6.61 Å². The predicted molar refractivity (Wildman–Crippen MR) is 72.8 cm³/mol. The molecule has 5 heteroatoms. The average Bonchev–Trinajstić information content (AvgIpc) is 2.75. The number of ketones is 1. The summed E-state index contributed by atoms with van der Waals surface area (Å²) in [6, 6.07) is 0. The van der Waals surface area contributed by atoms with Crippen molar-refractivity contribution in [2.75, 3.05) is 26.2 Å². The Labute approximate surface area is 114 Å². The SMILES string of the molecule is CCCN1CCOC(C(=O)c2cscc2Br)C1. The summed E-state index contributed by atoms with van der Waals surface area (Å²) in [6.07, 6.45) is 0.810. The van der Waals surface area contributed by atoms with E-state index < -0.39 is 0 Å². The van der Waals surface area contributed by atoms with E-state index in [1.54, 1.807) is 0 Å². The molecular formula is C12H16BrNO2S. The van der Waals surface area contributed by atoms with E-state index in [-0.39, 0.29) is 11.9 Å². The highest BCUT2D eigenvalue weighted by Crippen LogP contribution is 2.24. The van der Waals surface area contributed by atoms with Gasteiger partial charge in [0.25, 0.3) is 0 Å². The first-order valence-electron chi connectivity index (χ1n) is 5.82. The Hall–Kier alpha value is -0.230. The Morgan fingerprint density at radius 1 is 1.65 bits per heavy atom. The van der Waals surface area contributed by atoms with E-state index >= 15 is 0 Å². The summed E-state index contributed by atoms with van der Waals surface area (Å²) in [5, 5.41) is 3.81. The number of thiophene rings is 1. The van der Waals surface area contributed by atoms with Gasteiger partial charge >= 0.3 is 0 Å². The summed E-state index contributed by atoms with van der Waals surface area (Å²) in [6.45, 7) is 5.50. The molecule has 1 aromatic rings. The maximum absolute atomic E-state index is 12.3. The van der Waals surface area contributed by atoms with Crippen molar-refractivity contribution in [2.45, 2.75) is 19.4 Å². The normalized spacial score (nSPS) is 21.6. The lowest BCUT2D eigenvalue weighted by Gasteiger charge is -2.31. The van der Waals surface area contributed by atoms with Crippen LogP contribution in [-0.2, 0) is 4.74 Å². The second-order valence-electron chi connectivity index (χ2n) is 4.16. The van der Waals surface area contributed by atoms with E-state index in [1.807, 2.05) is 10.8 Å². The number of nitrogens with zero attached hydrogens (tertiary/aromatic N) is 1. The Kier molecular flexibility index (Phi) is 4.73. The molecule has 1 saturated heterocycles. The summed E-state index contributed by atoms with van der Waals surface area (Å²) >= 11 is 4.93. The number of carbonyl (C=O) groups excluding carboxylic acids is 1. The summed E-state index contributed by atoms with van der Waals surface area (Å²) in [5.41, 5.74) is 0.748. The lowest BCUT2D eigenvalue weighted by atomic mass is 10.1. The zero-order valence-electron chi connectivity index (χ0n) is 9.82. The van der Waals surface area contributed by atoms with Crippen LogP contribution in [0, 0.1) is 0 Å². The van der Waals surface area contributed by atoms with Gasteiger partial charge in [0.15, 0.2) is 5.78 Å². The van der Waals surface area contributed by atoms with Crippen LogP contribution in [-0.4, -0.2) is 43.0 Å². The number of carbonyl (C=O) groups is 1. The van der Waals surface area contributed by atoms with Crippen molar-refractivity contribution in [2.24, 2.45) is 0 Å². The largest absolute Gasteiger partial charge is 0.367 e. The van der Waals surface area contributed by atoms with Crippen LogP contribution in [0.15, 0.2) is 15.2 Å². The minimum Gasteiger partial charge on any atom is -0.367 e. The molecule has 0 radical (unpaired) electrons. The zero-order chi connectivity index (χ0) is 12.3. The third kappa shape index (κ3) is 3.16. The van der Waals surface area contributed by atoms with E-state index in [2.05, 4.69) is 27.8 Å². The van der Waals surface area contributed by atoms with Gasteiger partial charge < -0.3 is 4.74 Å². The summed E-state index contributed by atoms with van der Waals surface area (Å²) < 4.78 is 6.47. The highest BCUT2D eigenvalue weighted by Gasteiger charge is 2.28. The molecule has 3 nitrogen and oxygen atoms in total. The van der Waals surface area contributed by atoms with Gasteiger partial charge in [-0.1, -0.05) is 6.92 Å². The molecule has 0 amide bonds. The number of hydrogen-bond donors (Lipinski definition) is 0. The topological polar surface area (TPSA) is 29.5 Å². The van der Waals surface area contributed by atoms with Crippen molar-refractivity contribution in [3.8, 4) is 0 Å². The molecule has 0 bridgehead atoms. The van der Waals surface area contributed by atoms with E-state index in [1.165, 1.54) is 11.3 Å². The average molecular weight is 318 g/mol. The molecule has 0 N–H and O–H groups in total. The number of morpholine rings is 1. The van der Waals surface area contributed by atoms with Crippen LogP contribution < -0.4 is 0 Å². The smallest absolute Gasteiger partial charge is 0.194 e. The van der Waals surface area contributed by atoms with Crippen LogP contribution in [0.2, 0.25) is 0 Å². The van der Waals surface area contributed by atoms with Gasteiger partial charge in [-0.3, -0.25) is 9.69 Å². The number of halogens is 1. The highest BCUT2D eigenvalue weighted by atomic mass is 79.9. The maximum atomic E-state index is 12.3. The number of Topliss-reactive ketones (excluding diaryl/α,β-unsaturated/α-hetero) is 1. The Balaban J connectivity index is 2.02. The van der Waals surface area contributed by atoms with Gasteiger partial charge in [0.2, 0.25) is 0 Å². The fourth-order valence-electron chi connectivity index (χ4n) is 2.01. The molecule has 1 aliphatic heterocycles. The molecule has 2 heterocycles. The summed E-state index contributed by atoms with van der Waals surface area (Å²) in [5.74, 6) is 0.0962. The van der Waals surface area contributed by atoms with Crippen LogP contribution in [0.3, 0.4) is 0 Å². The number of ether oxygens (including phenoxy) is 1. The molecule has 1 fully saturated rings. The Bertz CT molecular complexity index is 392. The standard InChI is InChI=1S/C12H16BrNO2S/c1-2-3-14-4-5-16-11(6-14)12(15)9-7-17-8-10(9)13/h7-8,11H,2-6H2,1H3. The third-order valence-electron chi connectivity index (χ3n) is 2.86. The van der Waals surface area contributed by atoms with Crippen LogP contribution in [0.25, 0.3) is 0 Å². The van der Waals surface area contributed by atoms with Crippen LogP contribution in [0.5, 0.6) is 0 Å². The van der Waals surface area contributed by atoms with E-state index in [4.69, 9.17) is 4.74 Å². The second kappa shape index (κ2) is 6.09. The number of rotatable bonds is 4. The molecule has 1 aromatic heterocycles. The molecule has 0 aliphatic carbocycles. The minimum absolute atomic E-state index is 0.0962. The lowest BCUT2D eigenvalue weighted by Crippen LogP contribution is -2.46. The van der Waals surface area contributed by atoms with Crippen LogP contribution in [0.1, 0.15) is 23.7 Å². The lowest BCUT2D eigenvalue weighted by molar-refractivity contribution is -0.0163. The quantitative estimate of drug-likeness (QED) is 0.800. The van der Waals surface area contributed by atoms with Gasteiger partial charge in [-0.2, -0.15) is 11.3 Å². The first-order valence-corrected chi connectivity index (χ1v) is 7.55. The van der Waals surface area contributed by atoms with Gasteiger partial charge in [-0.05, 0) is 28.9 Å². The monoisotopic (exact) mass is 317 g/mol. The number of hydrogen-bond acceptors (Lipinski definition) is 4. The Morgan fingerprint density at radius 2 is 2.47 bits per heavy atom. The maximum Gasteiger partial charge on any atom is 0.194 e. The molecule has 0 aromatic carbocycles. The van der Waals surface area contributed by atoms with Gasteiger partial charge in [0.1, 0.15) is 6.10 Å². The van der Waals surface area contributed by atoms with Gasteiger partial charge in [-0.15, -0.1) is 0 Å². The van der Waals surface area contributed by atoms with Crippen LogP contribution >= 0.6 is 27.3 Å². The molecule has 1 unspecified atom stereocenters. The molecule has 0 spiro atoms. The third-order valence-corrected chi connectivity index (χ3v) is 4.57. The zero-order valence-corrected chi connectivity index (χ0v) is 12.2. The summed E-state index contributed by atoms with van der Waals surface area (Å²) in [7, 11) is 0. The van der Waals surface area contributed by atoms with Crippen LogP contribution in [0.4, 0.5) is 0 Å². The first kappa shape index (κ1) is 13.2. The molecule has 94 valence electrons. The van der Waals surface area contributed by atoms with E-state index in [0.717, 1.165) is 36.1 Å². The summed E-state index contributed by atoms with van der Waals surface area (Å²) in [4.78, 5) is 14.6. The molecule has 1 atom stereocenters. The van der Waals surface area contributed by atoms with Crippen molar-refractivity contribution in [3.05, 3.63) is 20.8 Å². The fourth-order valence-corrected chi connectivity index (χ4v) is 3.49. The van der Waals surface area contributed by atoms with Crippen molar-refractivity contribution in [1.29, 1.82) is 0 Å². The first-order chi connectivity index (χ1) is 8.22. The van der Waals surface area contributed by atoms with Gasteiger partial charge in [0.05, 0.1) is 6.61 Å². The Morgan fingerprint density at radius 3 is 3.12 bits per heavy atom. The predicted octanol–water partition coefficient (Wildman–Crippen LogP) is 2.80. The van der Waals surface area contributed by atoms with Crippen molar-refractivity contribution in [3.63, 3.8) is 0 Å². The minimum atomic E-state index is -0.304. The molecule has 2 rings (SSSR count).